The standard InChI is InChI=1S/C19H25NO2/c1-5-13-8-6-7-9-14(13)20-16(22)19-11-10-18(4,15(21)12-19)17(19,2)3/h6-9H,5,10-12H2,1-4H3,(H,20,22)/t18-,19+/m1/s1. The molecule has 0 aromatic heterocycles. The highest BCUT2D eigenvalue weighted by atomic mass is 16.2. The third-order valence-corrected chi connectivity index (χ3v) is 6.79. The molecular formula is C19H25NO2. The van der Waals surface area contributed by atoms with Gasteiger partial charge in [0, 0.05) is 17.5 Å². The van der Waals surface area contributed by atoms with Crippen LogP contribution < -0.4 is 5.32 Å². The number of fused-ring (bicyclic) bond motifs is 2. The van der Waals surface area contributed by atoms with Crippen LogP contribution >= 0.6 is 0 Å². The summed E-state index contributed by atoms with van der Waals surface area (Å²) >= 11 is 0. The lowest BCUT2D eigenvalue weighted by Crippen LogP contribution is -2.43. The number of para-hydroxylation sites is 1. The zero-order valence-electron chi connectivity index (χ0n) is 14.0. The van der Waals surface area contributed by atoms with E-state index in [2.05, 4.69) is 26.1 Å². The van der Waals surface area contributed by atoms with Crippen LogP contribution in [0, 0.1) is 16.2 Å². The Morgan fingerprint density at radius 2 is 1.86 bits per heavy atom. The third kappa shape index (κ3) is 1.68. The van der Waals surface area contributed by atoms with Crippen molar-refractivity contribution in [2.45, 2.75) is 53.4 Å². The summed E-state index contributed by atoms with van der Waals surface area (Å²) in [4.78, 5) is 25.6. The van der Waals surface area contributed by atoms with Crippen molar-refractivity contribution in [2.24, 2.45) is 16.2 Å². The van der Waals surface area contributed by atoms with E-state index in [0.717, 1.165) is 30.5 Å². The van der Waals surface area contributed by atoms with Gasteiger partial charge in [-0.1, -0.05) is 45.9 Å². The number of aryl methyl sites for hydroxylation is 1. The van der Waals surface area contributed by atoms with Gasteiger partial charge in [0.2, 0.25) is 5.91 Å². The number of anilines is 1. The zero-order valence-corrected chi connectivity index (χ0v) is 14.0. The van der Waals surface area contributed by atoms with Crippen molar-refractivity contribution in [1.29, 1.82) is 0 Å². The molecule has 1 aromatic carbocycles. The van der Waals surface area contributed by atoms with Gasteiger partial charge >= 0.3 is 0 Å². The SMILES string of the molecule is CCc1ccccc1NC(=O)[C@]12CC[C@](C)(C(=O)C1)C2(C)C. The molecule has 1 aromatic rings. The molecule has 2 aliphatic rings. The van der Waals surface area contributed by atoms with Crippen molar-refractivity contribution in [1.82, 2.24) is 0 Å². The molecule has 2 atom stereocenters. The molecule has 1 N–H and O–H groups in total. The molecule has 0 unspecified atom stereocenters. The van der Waals surface area contributed by atoms with Gasteiger partial charge in [-0.15, -0.1) is 0 Å². The van der Waals surface area contributed by atoms with Crippen LogP contribution in [0.1, 0.15) is 52.5 Å². The fraction of sp³-hybridized carbons (Fsp3) is 0.579. The topological polar surface area (TPSA) is 46.2 Å². The lowest BCUT2D eigenvalue weighted by atomic mass is 9.64. The number of nitrogens with one attached hydrogen (secondary N) is 1. The molecule has 0 radical (unpaired) electrons. The quantitative estimate of drug-likeness (QED) is 0.918. The van der Waals surface area contributed by atoms with E-state index in [-0.39, 0.29) is 22.5 Å². The van der Waals surface area contributed by atoms with Gasteiger partial charge in [-0.25, -0.2) is 0 Å². The van der Waals surface area contributed by atoms with Gasteiger partial charge in [0.25, 0.3) is 0 Å². The normalized spacial score (nSPS) is 32.3. The first-order valence-corrected chi connectivity index (χ1v) is 8.21. The van der Waals surface area contributed by atoms with E-state index >= 15 is 0 Å². The number of carbonyl (C=O) groups is 2. The summed E-state index contributed by atoms with van der Waals surface area (Å²) in [7, 11) is 0. The largest absolute Gasteiger partial charge is 0.325 e. The minimum atomic E-state index is -0.556. The van der Waals surface area contributed by atoms with Crippen LogP contribution in [-0.4, -0.2) is 11.7 Å². The first-order valence-electron chi connectivity index (χ1n) is 8.21. The summed E-state index contributed by atoms with van der Waals surface area (Å²) in [6.45, 7) is 8.31. The fourth-order valence-electron chi connectivity index (χ4n) is 4.55. The number of hydrogen-bond acceptors (Lipinski definition) is 2. The molecule has 0 aliphatic heterocycles. The molecule has 2 saturated carbocycles. The molecule has 2 fully saturated rings. The van der Waals surface area contributed by atoms with Crippen molar-refractivity contribution in [3.8, 4) is 0 Å². The maximum absolute atomic E-state index is 13.1. The number of carbonyl (C=O) groups excluding carboxylic acids is 2. The molecule has 0 saturated heterocycles. The average molecular weight is 299 g/mol. The van der Waals surface area contributed by atoms with Crippen molar-refractivity contribution in [3.63, 3.8) is 0 Å². The summed E-state index contributed by atoms with van der Waals surface area (Å²) in [6.07, 6.45) is 2.89. The van der Waals surface area contributed by atoms with Crippen LogP contribution in [0.3, 0.4) is 0 Å². The highest BCUT2D eigenvalue weighted by Crippen LogP contribution is 2.70. The monoisotopic (exact) mass is 299 g/mol. The first kappa shape index (κ1) is 15.3. The maximum Gasteiger partial charge on any atom is 0.231 e. The maximum atomic E-state index is 13.1. The predicted molar refractivity (Wildman–Crippen MR) is 87.6 cm³/mol. The van der Waals surface area contributed by atoms with Gasteiger partial charge in [0.05, 0.1) is 5.41 Å². The molecule has 1 amide bonds. The van der Waals surface area contributed by atoms with Gasteiger partial charge in [-0.05, 0) is 36.3 Å². The third-order valence-electron chi connectivity index (χ3n) is 6.79. The molecule has 3 rings (SSSR count). The lowest BCUT2D eigenvalue weighted by Gasteiger charge is -2.38. The predicted octanol–water partition coefficient (Wildman–Crippen LogP) is 3.97. The second kappa shape index (κ2) is 4.68. The molecule has 0 heterocycles. The summed E-state index contributed by atoms with van der Waals surface area (Å²) < 4.78 is 0. The number of Topliss-reactive ketones (excluding diaryl/α,β-unsaturated/α-hetero) is 1. The van der Waals surface area contributed by atoms with Crippen LogP contribution in [-0.2, 0) is 16.0 Å². The minimum absolute atomic E-state index is 0.0213. The zero-order chi connectivity index (χ0) is 16.2. The van der Waals surface area contributed by atoms with Crippen molar-refractivity contribution in [2.75, 3.05) is 5.32 Å². The van der Waals surface area contributed by atoms with Crippen LogP contribution in [0.5, 0.6) is 0 Å². The molecule has 118 valence electrons. The smallest absolute Gasteiger partial charge is 0.231 e. The average Bonchev–Trinajstić information content (AvgIpc) is 2.78. The number of rotatable bonds is 3. The van der Waals surface area contributed by atoms with Gasteiger partial charge in [0.15, 0.2) is 0 Å². The van der Waals surface area contributed by atoms with Gasteiger partial charge < -0.3 is 5.32 Å². The second-order valence-corrected chi connectivity index (χ2v) is 7.60. The molecule has 0 spiro atoms. The first-order chi connectivity index (χ1) is 10.3. The van der Waals surface area contributed by atoms with Crippen molar-refractivity contribution in [3.05, 3.63) is 29.8 Å². The van der Waals surface area contributed by atoms with E-state index in [1.165, 1.54) is 0 Å². The number of benzene rings is 1. The molecule has 22 heavy (non-hydrogen) atoms. The van der Waals surface area contributed by atoms with E-state index in [9.17, 15) is 9.59 Å². The Morgan fingerprint density at radius 3 is 2.41 bits per heavy atom. The minimum Gasteiger partial charge on any atom is -0.325 e. The Morgan fingerprint density at radius 1 is 1.18 bits per heavy atom. The Hall–Kier alpha value is -1.64. The Balaban J connectivity index is 1.95. The van der Waals surface area contributed by atoms with Crippen LogP contribution in [0.25, 0.3) is 0 Å². The van der Waals surface area contributed by atoms with Gasteiger partial charge in [-0.2, -0.15) is 0 Å². The summed E-state index contributed by atoms with van der Waals surface area (Å²) in [5, 5.41) is 3.12. The van der Waals surface area contributed by atoms with E-state index in [1.54, 1.807) is 0 Å². The van der Waals surface area contributed by atoms with Crippen molar-refractivity contribution >= 4 is 17.4 Å². The molecule has 3 nitrogen and oxygen atoms in total. The van der Waals surface area contributed by atoms with Crippen LogP contribution in [0.15, 0.2) is 24.3 Å². The Bertz CT molecular complexity index is 649. The van der Waals surface area contributed by atoms with Gasteiger partial charge in [0.1, 0.15) is 5.78 Å². The Labute approximate surface area is 132 Å². The fourth-order valence-corrected chi connectivity index (χ4v) is 4.55. The van der Waals surface area contributed by atoms with E-state index in [4.69, 9.17) is 0 Å². The number of hydrogen-bond donors (Lipinski definition) is 1. The molecule has 2 bridgehead atoms. The summed E-state index contributed by atoms with van der Waals surface area (Å²) in [5.41, 5.74) is 0.819. The lowest BCUT2D eigenvalue weighted by molar-refractivity contribution is -0.131. The molecule has 2 aliphatic carbocycles. The second-order valence-electron chi connectivity index (χ2n) is 7.60. The van der Waals surface area contributed by atoms with Crippen LogP contribution in [0.4, 0.5) is 5.69 Å². The summed E-state index contributed by atoms with van der Waals surface area (Å²) in [6, 6.07) is 7.92. The number of ketones is 1. The van der Waals surface area contributed by atoms with Crippen molar-refractivity contribution < 1.29 is 9.59 Å². The Kier molecular flexibility index (Phi) is 3.24. The molecular weight excluding hydrogens is 274 g/mol. The molecule has 3 heteroatoms. The highest BCUT2D eigenvalue weighted by molar-refractivity contribution is 6.04. The summed E-state index contributed by atoms with van der Waals surface area (Å²) in [5.74, 6) is 0.274. The number of amides is 1. The van der Waals surface area contributed by atoms with E-state index in [1.807, 2.05) is 31.2 Å². The van der Waals surface area contributed by atoms with E-state index in [0.29, 0.717) is 6.42 Å². The van der Waals surface area contributed by atoms with Gasteiger partial charge in [-0.3, -0.25) is 9.59 Å². The van der Waals surface area contributed by atoms with E-state index < -0.39 is 5.41 Å². The van der Waals surface area contributed by atoms with Crippen LogP contribution in [0.2, 0.25) is 0 Å². The highest BCUT2D eigenvalue weighted by Gasteiger charge is 2.72.